The van der Waals surface area contributed by atoms with E-state index < -0.39 is 5.91 Å². The van der Waals surface area contributed by atoms with Crippen LogP contribution < -0.4 is 19.5 Å². The average Bonchev–Trinajstić information content (AvgIpc) is 2.65. The van der Waals surface area contributed by atoms with E-state index in [0.717, 1.165) is 12.0 Å². The van der Waals surface area contributed by atoms with Crippen molar-refractivity contribution in [1.82, 2.24) is 0 Å². The highest BCUT2D eigenvalue weighted by molar-refractivity contribution is 6.33. The quantitative estimate of drug-likeness (QED) is 0.411. The largest absolute Gasteiger partial charge is 0.497 e. The van der Waals surface area contributed by atoms with Gasteiger partial charge in [0.25, 0.3) is 5.91 Å². The zero-order chi connectivity index (χ0) is 18.8. The summed E-state index contributed by atoms with van der Waals surface area (Å²) in [6, 6.07) is 12.1. The molecule has 0 radical (unpaired) electrons. The number of oxime groups is 1. The smallest absolute Gasteiger partial charge is 0.270 e. The number of hydrogen-bond acceptors (Lipinski definition) is 6. The Morgan fingerprint density at radius 2 is 1.81 bits per heavy atom. The van der Waals surface area contributed by atoms with Crippen molar-refractivity contribution >= 4 is 29.4 Å². The van der Waals surface area contributed by atoms with Crippen molar-refractivity contribution in [2.24, 2.45) is 5.16 Å². The summed E-state index contributed by atoms with van der Waals surface area (Å²) in [6.45, 7) is 0.476. The van der Waals surface area contributed by atoms with Crippen LogP contribution in [0.25, 0.3) is 0 Å². The van der Waals surface area contributed by atoms with Crippen LogP contribution in [0.3, 0.4) is 0 Å². The summed E-state index contributed by atoms with van der Waals surface area (Å²) in [5.41, 5.74) is 0.444. The molecule has 0 aliphatic rings. The van der Waals surface area contributed by atoms with Crippen molar-refractivity contribution in [1.29, 1.82) is 0 Å². The fourth-order valence-electron chi connectivity index (χ4n) is 1.95. The molecule has 0 fully saturated rings. The van der Waals surface area contributed by atoms with Gasteiger partial charge >= 0.3 is 0 Å². The Hall–Kier alpha value is -2.93. The van der Waals surface area contributed by atoms with E-state index in [1.165, 1.54) is 7.11 Å². The molecule has 0 bridgehead atoms. The number of hydrogen-bond donors (Lipinski definition) is 1. The molecule has 0 unspecified atom stereocenters. The van der Waals surface area contributed by atoms with Gasteiger partial charge in [-0.05, 0) is 42.5 Å². The first-order valence-corrected chi connectivity index (χ1v) is 8.07. The Bertz CT molecular complexity index is 750. The van der Waals surface area contributed by atoms with Gasteiger partial charge in [0.05, 0.1) is 19.9 Å². The van der Waals surface area contributed by atoms with Gasteiger partial charge in [0, 0.05) is 5.02 Å². The number of carbonyl (C=O) groups excluding carboxylic acids is 1. The predicted molar refractivity (Wildman–Crippen MR) is 99.6 cm³/mol. The number of rotatable bonds is 9. The van der Waals surface area contributed by atoms with E-state index in [1.807, 2.05) is 0 Å². The van der Waals surface area contributed by atoms with Gasteiger partial charge in [-0.2, -0.15) is 0 Å². The predicted octanol–water partition coefficient (Wildman–Crippen LogP) is 3.38. The summed E-state index contributed by atoms with van der Waals surface area (Å²) >= 11 is 5.90. The monoisotopic (exact) mass is 378 g/mol. The maximum Gasteiger partial charge on any atom is 0.270 e. The second kappa shape index (κ2) is 10.1. The van der Waals surface area contributed by atoms with E-state index in [2.05, 4.69) is 10.5 Å². The summed E-state index contributed by atoms with van der Waals surface area (Å²) in [7, 11) is 3.10. The van der Waals surface area contributed by atoms with Crippen LogP contribution in [0.15, 0.2) is 47.6 Å². The molecule has 1 N–H and O–H groups in total. The maximum atomic E-state index is 11.8. The van der Waals surface area contributed by atoms with Gasteiger partial charge in [0.1, 0.15) is 30.1 Å². The number of benzene rings is 2. The summed E-state index contributed by atoms with van der Waals surface area (Å²) in [4.78, 5) is 16.8. The SMILES string of the molecule is COc1ccc(OCCO/N=C\C(=O)Nc2cc(Cl)ccc2OC)cc1. The molecule has 0 aromatic heterocycles. The Morgan fingerprint density at radius 3 is 2.50 bits per heavy atom. The van der Waals surface area contributed by atoms with Gasteiger partial charge in [-0.25, -0.2) is 0 Å². The molecule has 0 saturated heterocycles. The fraction of sp³-hybridized carbons (Fsp3) is 0.222. The number of halogens is 1. The van der Waals surface area contributed by atoms with E-state index in [1.54, 1.807) is 49.6 Å². The highest BCUT2D eigenvalue weighted by atomic mass is 35.5. The molecule has 0 saturated carbocycles. The molecule has 0 aliphatic heterocycles. The van der Waals surface area contributed by atoms with E-state index in [-0.39, 0.29) is 13.2 Å². The Balaban J connectivity index is 1.71. The third kappa shape index (κ3) is 6.18. The third-order valence-corrected chi connectivity index (χ3v) is 3.40. The molecular weight excluding hydrogens is 360 g/mol. The van der Waals surface area contributed by atoms with E-state index in [9.17, 15) is 4.79 Å². The van der Waals surface area contributed by atoms with Gasteiger partial charge in [-0.1, -0.05) is 16.8 Å². The minimum atomic E-state index is -0.471. The highest BCUT2D eigenvalue weighted by Crippen LogP contribution is 2.27. The van der Waals surface area contributed by atoms with E-state index >= 15 is 0 Å². The molecule has 0 heterocycles. The van der Waals surface area contributed by atoms with Crippen molar-refractivity contribution in [3.8, 4) is 17.2 Å². The maximum absolute atomic E-state index is 11.8. The number of anilines is 1. The Kier molecular flexibility index (Phi) is 7.57. The lowest BCUT2D eigenvalue weighted by Crippen LogP contribution is -2.14. The van der Waals surface area contributed by atoms with Crippen LogP contribution in [0.1, 0.15) is 0 Å². The minimum absolute atomic E-state index is 0.191. The summed E-state index contributed by atoms with van der Waals surface area (Å²) < 4.78 is 15.7. The third-order valence-electron chi connectivity index (χ3n) is 3.17. The summed E-state index contributed by atoms with van der Waals surface area (Å²) in [5.74, 6) is 1.45. The van der Waals surface area contributed by atoms with Crippen molar-refractivity contribution in [2.45, 2.75) is 0 Å². The standard InChI is InChI=1S/C18H19ClN2O5/c1-23-14-4-6-15(7-5-14)25-9-10-26-20-12-18(22)21-16-11-13(19)3-8-17(16)24-2/h3-8,11-12H,9-10H2,1-2H3,(H,21,22)/b20-12-. The van der Waals surface area contributed by atoms with Crippen LogP contribution in [0.4, 0.5) is 5.69 Å². The Labute approximate surface area is 156 Å². The van der Waals surface area contributed by atoms with Gasteiger partial charge in [-0.3, -0.25) is 4.79 Å². The van der Waals surface area contributed by atoms with Crippen molar-refractivity contribution in [3.63, 3.8) is 0 Å². The molecule has 2 aromatic carbocycles. The molecule has 8 heteroatoms. The normalized spacial score (nSPS) is 10.4. The van der Waals surface area contributed by atoms with Crippen molar-refractivity contribution in [2.75, 3.05) is 32.8 Å². The van der Waals surface area contributed by atoms with Crippen LogP contribution >= 0.6 is 11.6 Å². The van der Waals surface area contributed by atoms with Crippen LogP contribution in [0.5, 0.6) is 17.2 Å². The topological polar surface area (TPSA) is 78.4 Å². The first-order chi connectivity index (χ1) is 12.6. The lowest BCUT2D eigenvalue weighted by Gasteiger charge is -2.08. The number of amides is 1. The van der Waals surface area contributed by atoms with Crippen LogP contribution in [-0.2, 0) is 9.63 Å². The van der Waals surface area contributed by atoms with Gasteiger partial charge in [0.15, 0.2) is 6.61 Å². The van der Waals surface area contributed by atoms with Crippen LogP contribution in [0.2, 0.25) is 5.02 Å². The molecule has 1 amide bonds. The summed E-state index contributed by atoms with van der Waals surface area (Å²) in [5, 5.41) is 6.68. The fourth-order valence-corrected chi connectivity index (χ4v) is 2.12. The summed E-state index contributed by atoms with van der Waals surface area (Å²) in [6.07, 6.45) is 1.02. The average molecular weight is 379 g/mol. The molecule has 0 spiro atoms. The first kappa shape index (κ1) is 19.4. The molecular formula is C18H19ClN2O5. The lowest BCUT2D eigenvalue weighted by atomic mass is 10.3. The number of methoxy groups -OCH3 is 2. The minimum Gasteiger partial charge on any atom is -0.497 e. The first-order valence-electron chi connectivity index (χ1n) is 7.69. The Morgan fingerprint density at radius 1 is 1.08 bits per heavy atom. The second-order valence-electron chi connectivity index (χ2n) is 4.93. The molecule has 2 aromatic rings. The van der Waals surface area contributed by atoms with E-state index in [4.69, 9.17) is 30.6 Å². The zero-order valence-electron chi connectivity index (χ0n) is 14.4. The van der Waals surface area contributed by atoms with Crippen LogP contribution in [-0.4, -0.2) is 39.6 Å². The molecule has 26 heavy (non-hydrogen) atoms. The van der Waals surface area contributed by atoms with Crippen molar-refractivity contribution < 1.29 is 23.8 Å². The molecule has 7 nitrogen and oxygen atoms in total. The highest BCUT2D eigenvalue weighted by Gasteiger charge is 2.06. The number of nitrogens with zero attached hydrogens (tertiary/aromatic N) is 1. The number of carbonyl (C=O) groups is 1. The molecule has 138 valence electrons. The van der Waals surface area contributed by atoms with Gasteiger partial charge in [0.2, 0.25) is 0 Å². The zero-order valence-corrected chi connectivity index (χ0v) is 15.2. The molecule has 0 atom stereocenters. The van der Waals surface area contributed by atoms with Crippen molar-refractivity contribution in [3.05, 3.63) is 47.5 Å². The lowest BCUT2D eigenvalue weighted by molar-refractivity contribution is -0.110. The second-order valence-corrected chi connectivity index (χ2v) is 5.36. The van der Waals surface area contributed by atoms with E-state index in [0.29, 0.717) is 22.2 Å². The van der Waals surface area contributed by atoms with Crippen LogP contribution in [0, 0.1) is 0 Å². The number of ether oxygens (including phenoxy) is 3. The molecule has 2 rings (SSSR count). The molecule has 0 aliphatic carbocycles. The van der Waals surface area contributed by atoms with Gasteiger partial charge < -0.3 is 24.4 Å². The van der Waals surface area contributed by atoms with Gasteiger partial charge in [-0.15, -0.1) is 0 Å². The number of nitrogens with one attached hydrogen (secondary N) is 1.